The van der Waals surface area contributed by atoms with Crippen molar-refractivity contribution in [1.29, 1.82) is 0 Å². The third-order valence-corrected chi connectivity index (χ3v) is 6.45. The second-order valence-electron chi connectivity index (χ2n) is 5.94. The summed E-state index contributed by atoms with van der Waals surface area (Å²) >= 11 is 0.0247. The first-order chi connectivity index (χ1) is 12.4. The number of hydrogen-bond acceptors (Lipinski definition) is 9. The van der Waals surface area contributed by atoms with E-state index < -0.39 is 36.6 Å². The molecule has 0 aromatic carbocycles. The van der Waals surface area contributed by atoms with E-state index in [0.717, 1.165) is 0 Å². The van der Waals surface area contributed by atoms with Crippen molar-refractivity contribution in [3.05, 3.63) is 12.7 Å². The van der Waals surface area contributed by atoms with Crippen LogP contribution in [-0.4, -0.2) is 80.1 Å². The van der Waals surface area contributed by atoms with Crippen LogP contribution in [0.1, 0.15) is 12.6 Å². The van der Waals surface area contributed by atoms with Crippen LogP contribution in [0.4, 0.5) is 5.82 Å². The van der Waals surface area contributed by atoms with Gasteiger partial charge in [0.1, 0.15) is 0 Å². The average Bonchev–Trinajstić information content (AvgIpc) is 3.15. The molecule has 1 aliphatic rings. The third-order valence-electron chi connectivity index (χ3n) is 4.17. The zero-order valence-electron chi connectivity index (χ0n) is 13.7. The van der Waals surface area contributed by atoms with Crippen molar-refractivity contribution in [3.63, 3.8) is 0 Å². The van der Waals surface area contributed by atoms with Gasteiger partial charge in [-0.25, -0.2) is 0 Å². The van der Waals surface area contributed by atoms with Gasteiger partial charge in [0, 0.05) is 0 Å². The van der Waals surface area contributed by atoms with Gasteiger partial charge in [-0.3, -0.25) is 0 Å². The molecule has 0 bridgehead atoms. The van der Waals surface area contributed by atoms with Gasteiger partial charge in [-0.15, -0.1) is 0 Å². The molecule has 0 radical (unpaired) electrons. The summed E-state index contributed by atoms with van der Waals surface area (Å²) in [5.41, 5.74) is 12.0. The number of carbonyl (C=O) groups is 1. The number of carboxylic acid groups (broad SMARTS) is 1. The number of aromatic nitrogens is 4. The van der Waals surface area contributed by atoms with Crippen molar-refractivity contribution < 1.29 is 24.9 Å². The molecule has 1 fully saturated rings. The Labute approximate surface area is 154 Å². The number of rotatable bonds is 7. The van der Waals surface area contributed by atoms with Crippen molar-refractivity contribution in [3.8, 4) is 0 Å². The molecule has 2 aromatic heterocycles. The summed E-state index contributed by atoms with van der Waals surface area (Å²) in [5.74, 6) is -0.807. The molecular weight excluding hydrogens is 411 g/mol. The quantitative estimate of drug-likeness (QED) is 0.252. The van der Waals surface area contributed by atoms with Crippen LogP contribution in [0, 0.1) is 0 Å². The predicted molar refractivity (Wildman–Crippen MR) is 91.3 cm³/mol. The van der Waals surface area contributed by atoms with Gasteiger partial charge in [-0.05, 0) is 0 Å². The molecule has 1 aliphatic heterocycles. The first-order valence-corrected chi connectivity index (χ1v) is 10.3. The second-order valence-corrected chi connectivity index (χ2v) is 8.35. The summed E-state index contributed by atoms with van der Waals surface area (Å²) in [7, 11) is 0. The molecule has 142 valence electrons. The molecule has 0 spiro atoms. The van der Waals surface area contributed by atoms with E-state index >= 15 is 0 Å². The van der Waals surface area contributed by atoms with E-state index in [-0.39, 0.29) is 20.8 Å². The molecule has 5 atom stereocenters. The summed E-state index contributed by atoms with van der Waals surface area (Å²) in [6, 6.07) is -0.882. The first-order valence-electron chi connectivity index (χ1n) is 7.91. The van der Waals surface area contributed by atoms with Crippen molar-refractivity contribution in [2.45, 2.75) is 47.6 Å². The van der Waals surface area contributed by atoms with Crippen LogP contribution >= 0.6 is 0 Å². The van der Waals surface area contributed by atoms with Gasteiger partial charge in [-0.2, -0.15) is 0 Å². The summed E-state index contributed by atoms with van der Waals surface area (Å²) < 4.78 is 7.35. The predicted octanol–water partition coefficient (Wildman–Crippen LogP) is -1.63. The molecule has 11 nitrogen and oxygen atoms in total. The maximum absolute atomic E-state index is 10.7. The Kier molecular flexibility index (Phi) is 5.70. The van der Waals surface area contributed by atoms with E-state index in [2.05, 4.69) is 15.0 Å². The minimum atomic E-state index is -1.15. The summed E-state index contributed by atoms with van der Waals surface area (Å²) in [4.78, 5) is 22.8. The molecule has 7 N–H and O–H groups in total. The normalized spacial score (nSPS) is 27.0. The number of nitrogens with zero attached hydrogens (tertiary/aromatic N) is 4. The monoisotopic (exact) mass is 432 g/mol. The molecule has 2 unspecified atom stereocenters. The molecule has 0 aliphatic carbocycles. The van der Waals surface area contributed by atoms with Gasteiger partial charge < -0.3 is 0 Å². The number of nitrogen functional groups attached to an aromatic ring is 1. The number of nitrogens with two attached hydrogens (primary N) is 2. The van der Waals surface area contributed by atoms with E-state index in [9.17, 15) is 15.0 Å². The summed E-state index contributed by atoms with van der Waals surface area (Å²) in [6.07, 6.45) is -0.515. The second kappa shape index (κ2) is 7.82. The molecule has 3 rings (SSSR count). The third kappa shape index (κ3) is 3.65. The zero-order chi connectivity index (χ0) is 18.8. The van der Waals surface area contributed by atoms with Crippen LogP contribution in [0.3, 0.4) is 0 Å². The van der Waals surface area contributed by atoms with Gasteiger partial charge in [-0.1, -0.05) is 0 Å². The number of anilines is 1. The standard InChI is InChI=1S/C14H20N6O5Se/c15-6(14(23)24)1-2-26-3-7-9(21)10(22)13(25-7)20-5-19-8-11(16)17-4-18-12(8)20/h4-7,9-10,13,21-22H,1-3,15H2,(H,23,24)(H2,16,17,18)/t6?,7-,9-,10?,13-/m1/s1. The Bertz CT molecular complexity index is 788. The number of ether oxygens (including phenoxy) is 1. The van der Waals surface area contributed by atoms with Crippen molar-refractivity contribution >= 4 is 37.9 Å². The first kappa shape index (κ1) is 19.0. The van der Waals surface area contributed by atoms with E-state index in [1.807, 2.05) is 0 Å². The summed E-state index contributed by atoms with van der Waals surface area (Å²) in [5, 5.41) is 30.6. The van der Waals surface area contributed by atoms with E-state index in [1.165, 1.54) is 17.2 Å². The van der Waals surface area contributed by atoms with E-state index in [0.29, 0.717) is 28.2 Å². The fourth-order valence-electron chi connectivity index (χ4n) is 2.69. The number of carboxylic acids is 1. The Morgan fingerprint density at radius 1 is 1.35 bits per heavy atom. The van der Waals surface area contributed by atoms with Crippen LogP contribution in [0.5, 0.6) is 0 Å². The van der Waals surface area contributed by atoms with Gasteiger partial charge in [0.05, 0.1) is 0 Å². The molecule has 12 heteroatoms. The average molecular weight is 431 g/mol. The van der Waals surface area contributed by atoms with Gasteiger partial charge in [0.2, 0.25) is 0 Å². The van der Waals surface area contributed by atoms with Crippen molar-refractivity contribution in [2.24, 2.45) is 5.73 Å². The maximum atomic E-state index is 10.7. The number of aliphatic hydroxyl groups excluding tert-OH is 2. The van der Waals surface area contributed by atoms with Crippen LogP contribution in [0.2, 0.25) is 10.6 Å². The SMILES string of the molecule is Nc1ncnc2c1ncn2[C@@H]1O[C@H](C[Se]CCC(N)C(=O)O)[C@@H](O)C1O. The molecule has 2 aromatic rings. The molecule has 0 saturated carbocycles. The Morgan fingerprint density at radius 3 is 2.85 bits per heavy atom. The molecule has 26 heavy (non-hydrogen) atoms. The van der Waals surface area contributed by atoms with Gasteiger partial charge in [0.15, 0.2) is 0 Å². The minimum absolute atomic E-state index is 0.0247. The van der Waals surface area contributed by atoms with Crippen LogP contribution in [0.15, 0.2) is 12.7 Å². The molecule has 1 saturated heterocycles. The van der Waals surface area contributed by atoms with Crippen LogP contribution in [-0.2, 0) is 9.53 Å². The topological polar surface area (TPSA) is 183 Å². The van der Waals surface area contributed by atoms with Crippen LogP contribution in [0.25, 0.3) is 11.2 Å². The molecule has 0 amide bonds. The Hall–Kier alpha value is -1.82. The van der Waals surface area contributed by atoms with E-state index in [1.54, 1.807) is 0 Å². The fourth-order valence-corrected chi connectivity index (χ4v) is 4.98. The fraction of sp³-hybridized carbons (Fsp3) is 0.571. The number of hydrogen-bond donors (Lipinski definition) is 5. The summed E-state index contributed by atoms with van der Waals surface area (Å²) in [6.45, 7) is 0. The van der Waals surface area contributed by atoms with Crippen molar-refractivity contribution in [2.75, 3.05) is 5.73 Å². The number of fused-ring (bicyclic) bond motifs is 1. The zero-order valence-corrected chi connectivity index (χ0v) is 15.4. The van der Waals surface area contributed by atoms with E-state index in [4.69, 9.17) is 21.3 Å². The number of imidazole rings is 1. The Morgan fingerprint density at radius 2 is 2.12 bits per heavy atom. The Balaban J connectivity index is 1.64. The van der Waals surface area contributed by atoms with Gasteiger partial charge in [0.25, 0.3) is 0 Å². The molecular formula is C14H20N6O5Se. The number of aliphatic carboxylic acids is 1. The van der Waals surface area contributed by atoms with Gasteiger partial charge >= 0.3 is 154 Å². The van der Waals surface area contributed by atoms with Crippen molar-refractivity contribution in [1.82, 2.24) is 19.5 Å². The molecule has 3 heterocycles. The number of aliphatic hydroxyl groups is 2. The van der Waals surface area contributed by atoms with Crippen LogP contribution < -0.4 is 11.5 Å².